The van der Waals surface area contributed by atoms with Crippen LogP contribution in [0.25, 0.3) is 9.40 Å². The molecule has 0 aromatic carbocycles. The maximum absolute atomic E-state index is 2.41. The summed E-state index contributed by atoms with van der Waals surface area (Å²) in [5, 5.41) is 2.32. The normalized spacial score (nSPS) is 11.7. The summed E-state index contributed by atoms with van der Waals surface area (Å²) in [6.07, 6.45) is 1.22. The predicted octanol–water partition coefficient (Wildman–Crippen LogP) is 4.77. The lowest BCUT2D eigenvalue weighted by molar-refractivity contribution is 0.651. The molecule has 0 nitrogen and oxygen atoms in total. The third-order valence-electron chi connectivity index (χ3n) is 1.92. The van der Waals surface area contributed by atoms with E-state index in [-0.39, 0.29) is 0 Å². The minimum atomic E-state index is 0.762. The van der Waals surface area contributed by atoms with Crippen LogP contribution in [-0.2, 0) is 6.42 Å². The van der Waals surface area contributed by atoms with Gasteiger partial charge in [-0.05, 0) is 51.9 Å². The van der Waals surface area contributed by atoms with Crippen LogP contribution < -0.4 is 0 Å². The standard InChI is InChI=1S/C10H11IS2/c1-6(2)3-7-5-12-8-4-9(11)13-10(7)8/h4-6H,3H2,1-2H3. The van der Waals surface area contributed by atoms with Crippen LogP contribution in [0.1, 0.15) is 19.4 Å². The molecule has 0 saturated carbocycles. The number of thiophene rings is 2. The first-order valence-electron chi connectivity index (χ1n) is 4.32. The molecule has 0 spiro atoms. The Morgan fingerprint density at radius 1 is 1.46 bits per heavy atom. The number of fused-ring (bicyclic) bond motifs is 1. The molecule has 0 radical (unpaired) electrons. The fraction of sp³-hybridized carbons (Fsp3) is 0.400. The van der Waals surface area contributed by atoms with E-state index in [0.717, 1.165) is 5.92 Å². The van der Waals surface area contributed by atoms with Crippen molar-refractivity contribution in [1.82, 2.24) is 0 Å². The molecule has 0 unspecified atom stereocenters. The second-order valence-corrected chi connectivity index (χ2v) is 7.46. The molecule has 0 aliphatic carbocycles. The van der Waals surface area contributed by atoms with Crippen molar-refractivity contribution in [3.05, 3.63) is 19.9 Å². The van der Waals surface area contributed by atoms with Gasteiger partial charge in [0.05, 0.1) is 2.88 Å². The second-order valence-electron chi connectivity index (χ2n) is 3.60. The number of rotatable bonds is 2. The Morgan fingerprint density at radius 2 is 2.23 bits per heavy atom. The summed E-state index contributed by atoms with van der Waals surface area (Å²) < 4.78 is 4.39. The number of hydrogen-bond acceptors (Lipinski definition) is 2. The Hall–Kier alpha value is 0.390. The van der Waals surface area contributed by atoms with Crippen LogP contribution in [0.15, 0.2) is 11.4 Å². The maximum Gasteiger partial charge on any atom is 0.0674 e. The summed E-state index contributed by atoms with van der Waals surface area (Å²) in [7, 11) is 0. The van der Waals surface area contributed by atoms with Crippen LogP contribution in [0, 0.1) is 8.80 Å². The molecule has 13 heavy (non-hydrogen) atoms. The molecule has 70 valence electrons. The van der Waals surface area contributed by atoms with Gasteiger partial charge in [-0.3, -0.25) is 0 Å². The summed E-state index contributed by atoms with van der Waals surface area (Å²) >= 11 is 6.21. The number of halogens is 1. The van der Waals surface area contributed by atoms with Gasteiger partial charge in [0.15, 0.2) is 0 Å². The van der Waals surface area contributed by atoms with E-state index in [1.807, 2.05) is 22.7 Å². The van der Waals surface area contributed by atoms with E-state index in [4.69, 9.17) is 0 Å². The molecule has 0 amide bonds. The van der Waals surface area contributed by atoms with Gasteiger partial charge < -0.3 is 0 Å². The van der Waals surface area contributed by atoms with E-state index in [9.17, 15) is 0 Å². The average Bonchev–Trinajstić information content (AvgIpc) is 2.51. The van der Waals surface area contributed by atoms with Gasteiger partial charge in [0, 0.05) is 9.40 Å². The van der Waals surface area contributed by atoms with Crippen molar-refractivity contribution in [2.45, 2.75) is 20.3 Å². The third kappa shape index (κ3) is 2.07. The molecular weight excluding hydrogens is 311 g/mol. The first-order chi connectivity index (χ1) is 6.16. The predicted molar refractivity (Wildman–Crippen MR) is 71.0 cm³/mol. The van der Waals surface area contributed by atoms with Crippen LogP contribution in [0.4, 0.5) is 0 Å². The van der Waals surface area contributed by atoms with Crippen molar-refractivity contribution in [1.29, 1.82) is 0 Å². The molecule has 0 fully saturated rings. The molecule has 0 N–H and O–H groups in total. The van der Waals surface area contributed by atoms with Crippen LogP contribution in [0.2, 0.25) is 0 Å². The van der Waals surface area contributed by atoms with Gasteiger partial charge in [-0.15, -0.1) is 22.7 Å². The molecule has 0 saturated heterocycles. The Balaban J connectivity index is 2.44. The molecule has 2 aromatic rings. The summed E-state index contributed by atoms with van der Waals surface area (Å²) in [5.74, 6) is 0.762. The molecule has 0 aliphatic heterocycles. The molecule has 3 heteroatoms. The van der Waals surface area contributed by atoms with Crippen molar-refractivity contribution < 1.29 is 0 Å². The van der Waals surface area contributed by atoms with Crippen molar-refractivity contribution in [3.8, 4) is 0 Å². The first kappa shape index (κ1) is 9.93. The van der Waals surface area contributed by atoms with Crippen molar-refractivity contribution in [2.24, 2.45) is 5.92 Å². The van der Waals surface area contributed by atoms with Crippen molar-refractivity contribution in [3.63, 3.8) is 0 Å². The molecule has 2 rings (SSSR count). The minimum absolute atomic E-state index is 0.762. The van der Waals surface area contributed by atoms with E-state index >= 15 is 0 Å². The number of hydrogen-bond donors (Lipinski definition) is 0. The van der Waals surface area contributed by atoms with Gasteiger partial charge in [0.2, 0.25) is 0 Å². The zero-order valence-corrected chi connectivity index (χ0v) is 11.4. The van der Waals surface area contributed by atoms with Gasteiger partial charge in [-0.1, -0.05) is 13.8 Å². The SMILES string of the molecule is CC(C)Cc1csc2cc(I)sc12. The van der Waals surface area contributed by atoms with Crippen LogP contribution >= 0.6 is 45.3 Å². The van der Waals surface area contributed by atoms with Gasteiger partial charge in [-0.25, -0.2) is 0 Å². The zero-order valence-electron chi connectivity index (χ0n) is 7.63. The summed E-state index contributed by atoms with van der Waals surface area (Å²) in [6, 6.07) is 2.29. The smallest absolute Gasteiger partial charge is 0.0674 e. The van der Waals surface area contributed by atoms with E-state index in [2.05, 4.69) is 47.9 Å². The van der Waals surface area contributed by atoms with Crippen molar-refractivity contribution in [2.75, 3.05) is 0 Å². The van der Waals surface area contributed by atoms with E-state index in [1.54, 1.807) is 5.56 Å². The molecule has 0 atom stereocenters. The van der Waals surface area contributed by atoms with Crippen LogP contribution in [0.3, 0.4) is 0 Å². The molecule has 0 aliphatic rings. The minimum Gasteiger partial charge on any atom is -0.143 e. The molecular formula is C10H11IS2. The third-order valence-corrected chi connectivity index (χ3v) is 4.99. The second kappa shape index (κ2) is 3.87. The average molecular weight is 322 g/mol. The lowest BCUT2D eigenvalue weighted by Crippen LogP contribution is -1.91. The largest absolute Gasteiger partial charge is 0.143 e. The highest BCUT2D eigenvalue weighted by molar-refractivity contribution is 14.1. The van der Waals surface area contributed by atoms with Crippen LogP contribution in [-0.4, -0.2) is 0 Å². The summed E-state index contributed by atoms with van der Waals surface area (Å²) in [6.45, 7) is 4.56. The van der Waals surface area contributed by atoms with Gasteiger partial charge in [-0.2, -0.15) is 0 Å². The lowest BCUT2D eigenvalue weighted by atomic mass is 10.1. The molecule has 0 bridgehead atoms. The first-order valence-corrected chi connectivity index (χ1v) is 7.09. The quantitative estimate of drug-likeness (QED) is 0.699. The van der Waals surface area contributed by atoms with Gasteiger partial charge >= 0.3 is 0 Å². The van der Waals surface area contributed by atoms with Gasteiger partial charge in [0.25, 0.3) is 0 Å². The molecule has 2 heterocycles. The van der Waals surface area contributed by atoms with E-state index in [1.165, 1.54) is 18.7 Å². The lowest BCUT2D eigenvalue weighted by Gasteiger charge is -2.00. The summed E-state index contributed by atoms with van der Waals surface area (Å²) in [5.41, 5.74) is 1.54. The molecule has 2 aromatic heterocycles. The van der Waals surface area contributed by atoms with E-state index in [0.29, 0.717) is 0 Å². The zero-order chi connectivity index (χ0) is 9.42. The Morgan fingerprint density at radius 3 is 2.92 bits per heavy atom. The maximum atomic E-state index is 2.41. The highest BCUT2D eigenvalue weighted by Gasteiger charge is 2.08. The Kier molecular flexibility index (Phi) is 2.95. The van der Waals surface area contributed by atoms with Gasteiger partial charge in [0.1, 0.15) is 0 Å². The van der Waals surface area contributed by atoms with Crippen molar-refractivity contribution >= 4 is 54.7 Å². The summed E-state index contributed by atoms with van der Waals surface area (Å²) in [4.78, 5) is 0. The highest BCUT2D eigenvalue weighted by Crippen LogP contribution is 2.35. The van der Waals surface area contributed by atoms with Crippen LogP contribution in [0.5, 0.6) is 0 Å². The highest BCUT2D eigenvalue weighted by atomic mass is 127. The fourth-order valence-corrected chi connectivity index (χ4v) is 4.74. The topological polar surface area (TPSA) is 0 Å². The Labute approximate surface area is 100 Å². The Bertz CT molecular complexity index is 411. The van der Waals surface area contributed by atoms with E-state index < -0.39 is 0 Å². The fourth-order valence-electron chi connectivity index (χ4n) is 1.43. The monoisotopic (exact) mass is 322 g/mol.